The number of likely N-dealkylation sites (N-methyl/N-ethyl adjacent to an activating group) is 1. The van der Waals surface area contributed by atoms with E-state index in [4.69, 9.17) is 4.74 Å². The van der Waals surface area contributed by atoms with Crippen molar-refractivity contribution in [3.05, 3.63) is 16.4 Å². The number of aliphatic hydroxyl groups excluding tert-OH is 1. The highest BCUT2D eigenvalue weighted by atomic mass is 79.9. The highest BCUT2D eigenvalue weighted by Crippen LogP contribution is 2.38. The van der Waals surface area contributed by atoms with Crippen LogP contribution >= 0.6 is 15.9 Å². The molecule has 20 heavy (non-hydrogen) atoms. The fourth-order valence-electron chi connectivity index (χ4n) is 2.77. The van der Waals surface area contributed by atoms with Crippen LogP contribution in [0, 0.1) is 0 Å². The Morgan fingerprint density at radius 1 is 1.45 bits per heavy atom. The van der Waals surface area contributed by atoms with Crippen LogP contribution in [-0.4, -0.2) is 53.1 Å². The van der Waals surface area contributed by atoms with Crippen molar-refractivity contribution >= 4 is 15.9 Å². The predicted octanol–water partition coefficient (Wildman–Crippen LogP) is 2.45. The van der Waals surface area contributed by atoms with Crippen LogP contribution in [0.5, 0.6) is 0 Å². The van der Waals surface area contributed by atoms with Crippen LogP contribution in [0.25, 0.3) is 0 Å². The lowest BCUT2D eigenvalue weighted by Crippen LogP contribution is -2.49. The molecule has 1 aromatic rings. The molecule has 0 spiro atoms. The third-order valence-electron chi connectivity index (χ3n) is 4.22. The summed E-state index contributed by atoms with van der Waals surface area (Å²) in [7, 11) is 5.69. The van der Waals surface area contributed by atoms with Crippen LogP contribution in [0.1, 0.15) is 38.5 Å². The van der Waals surface area contributed by atoms with Gasteiger partial charge in [-0.2, -0.15) is 5.10 Å². The van der Waals surface area contributed by atoms with Crippen molar-refractivity contribution < 1.29 is 9.84 Å². The second-order valence-electron chi connectivity index (χ2n) is 5.20. The minimum Gasteiger partial charge on any atom is -0.385 e. The summed E-state index contributed by atoms with van der Waals surface area (Å²) in [5.74, 6) is 0. The van der Waals surface area contributed by atoms with Crippen molar-refractivity contribution in [1.82, 2.24) is 14.7 Å². The van der Waals surface area contributed by atoms with Gasteiger partial charge in [0.2, 0.25) is 0 Å². The van der Waals surface area contributed by atoms with Gasteiger partial charge in [0, 0.05) is 7.11 Å². The SMILES string of the molecule is CCC(CC)(C(O)c1c(Br)cnn1CCOC)N(C)C. The van der Waals surface area contributed by atoms with Crippen molar-refractivity contribution in [2.75, 3.05) is 27.8 Å². The minimum atomic E-state index is -0.610. The second-order valence-corrected chi connectivity index (χ2v) is 6.06. The Balaban J connectivity index is 3.17. The Bertz CT molecular complexity index is 417. The molecule has 1 N–H and O–H groups in total. The zero-order chi connectivity index (χ0) is 15.3. The summed E-state index contributed by atoms with van der Waals surface area (Å²) in [5, 5.41) is 15.3. The fourth-order valence-corrected chi connectivity index (χ4v) is 3.28. The van der Waals surface area contributed by atoms with Gasteiger partial charge in [-0.15, -0.1) is 0 Å². The highest BCUT2D eigenvalue weighted by Gasteiger charge is 2.40. The van der Waals surface area contributed by atoms with Gasteiger partial charge in [0.25, 0.3) is 0 Å². The zero-order valence-corrected chi connectivity index (χ0v) is 14.6. The smallest absolute Gasteiger partial charge is 0.115 e. The molecule has 6 heteroatoms. The maximum atomic E-state index is 11.0. The van der Waals surface area contributed by atoms with Crippen LogP contribution in [0.4, 0.5) is 0 Å². The fraction of sp³-hybridized carbons (Fsp3) is 0.786. The van der Waals surface area contributed by atoms with Crippen molar-refractivity contribution in [3.63, 3.8) is 0 Å². The van der Waals surface area contributed by atoms with Crippen LogP contribution < -0.4 is 0 Å². The van der Waals surface area contributed by atoms with Crippen LogP contribution in [0.3, 0.4) is 0 Å². The first-order valence-corrected chi connectivity index (χ1v) is 7.79. The lowest BCUT2D eigenvalue weighted by Gasteiger charge is -2.42. The standard InChI is InChI=1S/C14H26BrN3O2/c1-6-14(7-2,17(3)4)13(19)12-11(15)10-16-18(12)8-9-20-5/h10,13,19H,6-9H2,1-5H3. The van der Waals surface area contributed by atoms with Crippen molar-refractivity contribution in [2.45, 2.75) is 44.9 Å². The second kappa shape index (κ2) is 7.54. The molecule has 1 atom stereocenters. The molecule has 5 nitrogen and oxygen atoms in total. The average Bonchev–Trinajstić information content (AvgIpc) is 2.78. The van der Waals surface area contributed by atoms with E-state index in [0.717, 1.165) is 23.0 Å². The molecule has 0 amide bonds. The van der Waals surface area contributed by atoms with Crippen molar-refractivity contribution in [2.24, 2.45) is 0 Å². The number of halogens is 1. The van der Waals surface area contributed by atoms with Crippen molar-refractivity contribution in [1.29, 1.82) is 0 Å². The average molecular weight is 348 g/mol. The summed E-state index contributed by atoms with van der Waals surface area (Å²) in [6.07, 6.45) is 2.85. The lowest BCUT2D eigenvalue weighted by molar-refractivity contribution is -0.0207. The Morgan fingerprint density at radius 2 is 2.05 bits per heavy atom. The number of nitrogens with zero attached hydrogens (tertiary/aromatic N) is 3. The number of hydrogen-bond acceptors (Lipinski definition) is 4. The van der Waals surface area contributed by atoms with Gasteiger partial charge in [0.1, 0.15) is 6.10 Å². The Kier molecular flexibility index (Phi) is 6.64. The molecule has 0 fully saturated rings. The molecule has 0 saturated heterocycles. The first-order valence-electron chi connectivity index (χ1n) is 7.00. The van der Waals surface area contributed by atoms with E-state index in [2.05, 4.69) is 39.8 Å². The molecule has 0 aliphatic rings. The quantitative estimate of drug-likeness (QED) is 0.784. The molecule has 1 rings (SSSR count). The predicted molar refractivity (Wildman–Crippen MR) is 83.8 cm³/mol. The summed E-state index contributed by atoms with van der Waals surface area (Å²) in [5.41, 5.74) is 0.521. The molecule has 0 aromatic carbocycles. The van der Waals surface area contributed by atoms with Gasteiger partial charge in [-0.05, 0) is 42.9 Å². The van der Waals surface area contributed by atoms with E-state index in [9.17, 15) is 5.11 Å². The van der Waals surface area contributed by atoms with Gasteiger partial charge < -0.3 is 14.7 Å². The molecule has 0 bridgehead atoms. The third-order valence-corrected chi connectivity index (χ3v) is 4.83. The molecular weight excluding hydrogens is 322 g/mol. The zero-order valence-electron chi connectivity index (χ0n) is 13.1. The Morgan fingerprint density at radius 3 is 2.50 bits per heavy atom. The first kappa shape index (κ1) is 17.6. The van der Waals surface area contributed by atoms with Crippen LogP contribution in [0.2, 0.25) is 0 Å². The van der Waals surface area contributed by atoms with Crippen LogP contribution in [0.15, 0.2) is 10.7 Å². The number of aliphatic hydroxyl groups is 1. The molecule has 1 aromatic heterocycles. The number of ether oxygens (including phenoxy) is 1. The van der Waals surface area contributed by atoms with Gasteiger partial charge in [0.05, 0.1) is 35.1 Å². The Hall–Kier alpha value is -0.430. The maximum absolute atomic E-state index is 11.0. The number of aromatic nitrogens is 2. The van der Waals surface area contributed by atoms with Crippen molar-refractivity contribution in [3.8, 4) is 0 Å². The van der Waals surface area contributed by atoms with Gasteiger partial charge in [-0.3, -0.25) is 4.68 Å². The summed E-state index contributed by atoms with van der Waals surface area (Å²) in [6, 6.07) is 0. The van der Waals surface area contributed by atoms with Crippen LogP contribution in [-0.2, 0) is 11.3 Å². The molecule has 0 aliphatic heterocycles. The third kappa shape index (κ3) is 3.24. The van der Waals surface area contributed by atoms with Gasteiger partial charge in [0.15, 0.2) is 0 Å². The molecule has 1 unspecified atom stereocenters. The van der Waals surface area contributed by atoms with Gasteiger partial charge in [-0.25, -0.2) is 0 Å². The van der Waals surface area contributed by atoms with E-state index < -0.39 is 6.10 Å². The summed E-state index contributed by atoms with van der Waals surface area (Å²) >= 11 is 3.51. The summed E-state index contributed by atoms with van der Waals surface area (Å²) in [6.45, 7) is 5.42. The molecular formula is C14H26BrN3O2. The topological polar surface area (TPSA) is 50.5 Å². The minimum absolute atomic E-state index is 0.298. The molecule has 0 saturated carbocycles. The number of hydrogen-bond donors (Lipinski definition) is 1. The largest absolute Gasteiger partial charge is 0.385 e. The monoisotopic (exact) mass is 347 g/mol. The molecule has 0 radical (unpaired) electrons. The molecule has 116 valence electrons. The molecule has 0 aliphatic carbocycles. The number of rotatable bonds is 8. The summed E-state index contributed by atoms with van der Waals surface area (Å²) in [4.78, 5) is 2.11. The van der Waals surface area contributed by atoms with E-state index in [-0.39, 0.29) is 5.54 Å². The molecule has 1 heterocycles. The maximum Gasteiger partial charge on any atom is 0.115 e. The highest BCUT2D eigenvalue weighted by molar-refractivity contribution is 9.10. The van der Waals surface area contributed by atoms with E-state index >= 15 is 0 Å². The Labute approximate surface area is 130 Å². The normalized spacial score (nSPS) is 14.0. The van der Waals surface area contributed by atoms with E-state index in [1.807, 2.05) is 18.8 Å². The lowest BCUT2D eigenvalue weighted by atomic mass is 9.83. The van der Waals surface area contributed by atoms with Gasteiger partial charge >= 0.3 is 0 Å². The van der Waals surface area contributed by atoms with E-state index in [0.29, 0.717) is 13.2 Å². The van der Waals surface area contributed by atoms with E-state index in [1.165, 1.54) is 0 Å². The number of methoxy groups -OCH3 is 1. The van der Waals surface area contributed by atoms with E-state index in [1.54, 1.807) is 13.3 Å². The van der Waals surface area contributed by atoms with Gasteiger partial charge in [-0.1, -0.05) is 13.8 Å². The first-order chi connectivity index (χ1) is 9.44. The summed E-state index contributed by atoms with van der Waals surface area (Å²) < 4.78 is 7.77.